The van der Waals surface area contributed by atoms with E-state index in [0.29, 0.717) is 5.02 Å². The zero-order valence-electron chi connectivity index (χ0n) is 17.4. The highest BCUT2D eigenvalue weighted by Crippen LogP contribution is 2.32. The minimum Gasteiger partial charge on any atom is -0.350 e. The molecule has 0 saturated carbocycles. The highest BCUT2D eigenvalue weighted by molar-refractivity contribution is 7.92. The van der Waals surface area contributed by atoms with Crippen molar-refractivity contribution in [1.29, 1.82) is 0 Å². The van der Waals surface area contributed by atoms with E-state index in [1.54, 1.807) is 24.3 Å². The number of amides is 1. The van der Waals surface area contributed by atoms with Crippen LogP contribution in [-0.4, -0.2) is 20.9 Å². The Morgan fingerprint density at radius 3 is 2.27 bits per heavy atom. The maximum Gasteiger partial charge on any atom is 0.264 e. The van der Waals surface area contributed by atoms with Crippen LogP contribution in [0.3, 0.4) is 0 Å². The second-order valence-corrected chi connectivity index (χ2v) is 10.1. The number of nitrogens with zero attached hydrogens (tertiary/aromatic N) is 1. The third kappa shape index (κ3) is 5.30. The van der Waals surface area contributed by atoms with E-state index < -0.39 is 22.5 Å². The van der Waals surface area contributed by atoms with Gasteiger partial charge in [0.2, 0.25) is 5.91 Å². The molecule has 0 bridgehead atoms. The van der Waals surface area contributed by atoms with Crippen LogP contribution in [0.15, 0.2) is 95.9 Å². The fourth-order valence-electron chi connectivity index (χ4n) is 3.43. The Morgan fingerprint density at radius 2 is 1.52 bits per heavy atom. The number of carbonyl (C=O) groups excluding carboxylic acids is 1. The highest BCUT2D eigenvalue weighted by Gasteiger charge is 2.28. The van der Waals surface area contributed by atoms with Crippen molar-refractivity contribution >= 4 is 55.6 Å². The molecule has 8 heteroatoms. The molecular weight excluding hydrogens is 479 g/mol. The zero-order valence-corrected chi connectivity index (χ0v) is 19.7. The molecule has 0 fully saturated rings. The predicted octanol–water partition coefficient (Wildman–Crippen LogP) is 5.66. The smallest absolute Gasteiger partial charge is 0.264 e. The maximum absolute atomic E-state index is 13.4. The molecule has 4 aromatic carbocycles. The third-order valence-corrected chi connectivity index (χ3v) is 7.43. The topological polar surface area (TPSA) is 66.5 Å². The molecule has 4 aromatic rings. The van der Waals surface area contributed by atoms with Gasteiger partial charge in [-0.25, -0.2) is 8.42 Å². The van der Waals surface area contributed by atoms with Gasteiger partial charge in [0.15, 0.2) is 0 Å². The number of anilines is 1. The number of nitrogens with one attached hydrogen (secondary N) is 1. The molecule has 33 heavy (non-hydrogen) atoms. The molecule has 4 rings (SSSR count). The average Bonchev–Trinajstić information content (AvgIpc) is 2.83. The van der Waals surface area contributed by atoms with E-state index in [0.717, 1.165) is 20.6 Å². The van der Waals surface area contributed by atoms with Gasteiger partial charge in [-0.2, -0.15) is 0 Å². The van der Waals surface area contributed by atoms with Crippen molar-refractivity contribution < 1.29 is 13.2 Å². The van der Waals surface area contributed by atoms with Crippen molar-refractivity contribution in [2.24, 2.45) is 0 Å². The summed E-state index contributed by atoms with van der Waals surface area (Å²) in [5.41, 5.74) is 1.04. The average molecular weight is 499 g/mol. The van der Waals surface area contributed by atoms with Crippen molar-refractivity contribution in [2.45, 2.75) is 11.4 Å². The summed E-state index contributed by atoms with van der Waals surface area (Å²) in [7, 11) is -4.07. The molecule has 1 N–H and O–H groups in total. The van der Waals surface area contributed by atoms with E-state index in [4.69, 9.17) is 23.2 Å². The van der Waals surface area contributed by atoms with Crippen molar-refractivity contribution in [3.8, 4) is 0 Å². The fourth-order valence-corrected chi connectivity index (χ4v) is 5.32. The number of benzene rings is 4. The number of hydrogen-bond acceptors (Lipinski definition) is 3. The number of rotatable bonds is 7. The van der Waals surface area contributed by atoms with Gasteiger partial charge in [-0.15, -0.1) is 0 Å². The summed E-state index contributed by atoms with van der Waals surface area (Å²) in [6.07, 6.45) is 0. The zero-order chi connectivity index (χ0) is 23.4. The van der Waals surface area contributed by atoms with E-state index in [1.165, 1.54) is 24.3 Å². The van der Waals surface area contributed by atoms with Crippen LogP contribution in [0.5, 0.6) is 0 Å². The summed E-state index contributed by atoms with van der Waals surface area (Å²) in [4.78, 5) is 12.9. The fraction of sp³-hybridized carbons (Fsp3) is 0.0800. The molecule has 5 nitrogen and oxygen atoms in total. The lowest BCUT2D eigenvalue weighted by molar-refractivity contribution is -0.119. The van der Waals surface area contributed by atoms with Gasteiger partial charge in [0.25, 0.3) is 10.0 Å². The van der Waals surface area contributed by atoms with Crippen LogP contribution in [0, 0.1) is 0 Å². The summed E-state index contributed by atoms with van der Waals surface area (Å²) in [5.74, 6) is -0.473. The molecule has 168 valence electrons. The molecule has 0 radical (unpaired) electrons. The Balaban J connectivity index is 1.59. The first-order valence-electron chi connectivity index (χ1n) is 10.1. The molecule has 0 saturated heterocycles. The first kappa shape index (κ1) is 23.1. The van der Waals surface area contributed by atoms with Gasteiger partial charge < -0.3 is 5.32 Å². The number of fused-ring (bicyclic) bond motifs is 1. The molecular formula is C25H20Cl2N2O3S. The Morgan fingerprint density at radius 1 is 0.818 bits per heavy atom. The lowest BCUT2D eigenvalue weighted by Gasteiger charge is -2.25. The van der Waals surface area contributed by atoms with Crippen LogP contribution in [-0.2, 0) is 21.4 Å². The van der Waals surface area contributed by atoms with Gasteiger partial charge >= 0.3 is 0 Å². The van der Waals surface area contributed by atoms with Crippen molar-refractivity contribution in [3.63, 3.8) is 0 Å². The SMILES string of the molecule is O=C(CN(c1cc(Cl)ccc1Cl)S(=O)(=O)c1ccccc1)NCc1ccc2ccccc2c1. The van der Waals surface area contributed by atoms with Crippen LogP contribution in [0.4, 0.5) is 5.69 Å². The molecule has 0 aromatic heterocycles. The molecule has 0 unspecified atom stereocenters. The molecule has 0 spiro atoms. The van der Waals surface area contributed by atoms with Gasteiger partial charge in [-0.1, -0.05) is 77.8 Å². The Hall–Kier alpha value is -3.06. The third-order valence-electron chi connectivity index (χ3n) is 5.10. The second-order valence-electron chi connectivity index (χ2n) is 7.38. The van der Waals surface area contributed by atoms with Crippen molar-refractivity contribution in [3.05, 3.63) is 107 Å². The standard InChI is InChI=1S/C25H20Cl2N2O3S/c26-21-12-13-23(27)24(15-21)29(33(31,32)22-8-2-1-3-9-22)17-25(30)28-16-18-10-11-19-6-4-5-7-20(19)14-18/h1-15H,16-17H2,(H,28,30). The van der Waals surface area contributed by atoms with Gasteiger partial charge in [0.1, 0.15) is 6.54 Å². The largest absolute Gasteiger partial charge is 0.350 e. The number of hydrogen-bond donors (Lipinski definition) is 1. The minimum atomic E-state index is -4.07. The van der Waals surface area contributed by atoms with Crippen molar-refractivity contribution in [1.82, 2.24) is 5.32 Å². The van der Waals surface area contributed by atoms with Crippen LogP contribution in [0.1, 0.15) is 5.56 Å². The summed E-state index contributed by atoms with van der Waals surface area (Å²) < 4.78 is 27.8. The molecule has 0 atom stereocenters. The Kier molecular flexibility index (Phi) is 6.88. The van der Waals surface area contributed by atoms with Gasteiger partial charge in [0, 0.05) is 11.6 Å². The van der Waals surface area contributed by atoms with E-state index in [-0.39, 0.29) is 22.2 Å². The number of sulfonamides is 1. The van der Waals surface area contributed by atoms with Crippen LogP contribution in [0.25, 0.3) is 10.8 Å². The summed E-state index contributed by atoms with van der Waals surface area (Å²) >= 11 is 12.4. The van der Waals surface area contributed by atoms with Gasteiger partial charge in [-0.05, 0) is 52.7 Å². The molecule has 0 aliphatic heterocycles. The summed E-state index contributed by atoms with van der Waals surface area (Å²) in [6, 6.07) is 26.2. The Labute approximate surface area is 202 Å². The van der Waals surface area contributed by atoms with E-state index in [1.807, 2.05) is 42.5 Å². The highest BCUT2D eigenvalue weighted by atomic mass is 35.5. The van der Waals surface area contributed by atoms with Crippen LogP contribution in [0.2, 0.25) is 10.0 Å². The first-order valence-corrected chi connectivity index (χ1v) is 12.3. The van der Waals surface area contributed by atoms with Crippen LogP contribution < -0.4 is 9.62 Å². The van der Waals surface area contributed by atoms with E-state index in [2.05, 4.69) is 5.32 Å². The molecule has 0 aliphatic carbocycles. The number of halogens is 2. The van der Waals surface area contributed by atoms with Gasteiger partial charge in [-0.3, -0.25) is 9.10 Å². The molecule has 0 heterocycles. The summed E-state index contributed by atoms with van der Waals surface area (Å²) in [6.45, 7) is -0.197. The maximum atomic E-state index is 13.4. The second kappa shape index (κ2) is 9.83. The molecule has 0 aliphatic rings. The van der Waals surface area contributed by atoms with Crippen molar-refractivity contribution in [2.75, 3.05) is 10.8 Å². The first-order chi connectivity index (χ1) is 15.8. The van der Waals surface area contributed by atoms with Gasteiger partial charge in [0.05, 0.1) is 15.6 Å². The summed E-state index contributed by atoms with van der Waals surface area (Å²) in [5, 5.41) is 5.43. The van der Waals surface area contributed by atoms with E-state index in [9.17, 15) is 13.2 Å². The normalized spacial score (nSPS) is 11.3. The number of carbonyl (C=O) groups is 1. The Bertz CT molecular complexity index is 1410. The molecule has 1 amide bonds. The lowest BCUT2D eigenvalue weighted by atomic mass is 10.1. The minimum absolute atomic E-state index is 0.0448. The monoisotopic (exact) mass is 498 g/mol. The predicted molar refractivity (Wildman–Crippen MR) is 133 cm³/mol. The quantitative estimate of drug-likeness (QED) is 0.357. The van der Waals surface area contributed by atoms with E-state index >= 15 is 0 Å². The lowest BCUT2D eigenvalue weighted by Crippen LogP contribution is -2.40. The van der Waals surface area contributed by atoms with Crippen LogP contribution >= 0.6 is 23.2 Å².